The Morgan fingerprint density at radius 2 is 1.68 bits per heavy atom. The summed E-state index contributed by atoms with van der Waals surface area (Å²) < 4.78 is 5.42. The number of alkyl carbamates (subject to hydrolysis) is 1. The van der Waals surface area contributed by atoms with Gasteiger partial charge in [0.05, 0.1) is 18.2 Å². The Bertz CT molecular complexity index is 754. The number of hydrogen-bond donors (Lipinski definition) is 3. The van der Waals surface area contributed by atoms with Crippen LogP contribution in [0.25, 0.3) is 11.1 Å². The fraction of sp³-hybridized carbons (Fsp3) is 0.350. The molecule has 5 heteroatoms. The van der Waals surface area contributed by atoms with Gasteiger partial charge >= 0.3 is 6.09 Å². The Balaban J connectivity index is 1.47. The van der Waals surface area contributed by atoms with Crippen molar-refractivity contribution in [2.24, 2.45) is 0 Å². The number of ether oxygens (including phenoxy) is 1. The molecule has 25 heavy (non-hydrogen) atoms. The maximum Gasteiger partial charge on any atom is 0.407 e. The molecule has 1 atom stereocenters. The molecule has 2 aromatic carbocycles. The van der Waals surface area contributed by atoms with Crippen LogP contribution in [0, 0.1) is 0 Å². The van der Waals surface area contributed by atoms with Gasteiger partial charge in [-0.1, -0.05) is 48.5 Å². The maximum absolute atomic E-state index is 12.1. The normalized spacial score (nSPS) is 18.2. The molecule has 2 aliphatic rings. The van der Waals surface area contributed by atoms with Gasteiger partial charge in [0, 0.05) is 5.92 Å². The molecule has 1 saturated carbocycles. The number of fused-ring (bicyclic) bond motifs is 3. The smallest absolute Gasteiger partial charge is 0.407 e. The van der Waals surface area contributed by atoms with Crippen LogP contribution in [-0.4, -0.2) is 41.2 Å². The van der Waals surface area contributed by atoms with Crippen LogP contribution < -0.4 is 5.32 Å². The topological polar surface area (TPSA) is 78.8 Å². The summed E-state index contributed by atoms with van der Waals surface area (Å²) in [5, 5.41) is 22.0. The van der Waals surface area contributed by atoms with Gasteiger partial charge in [-0.3, -0.25) is 0 Å². The zero-order valence-corrected chi connectivity index (χ0v) is 13.8. The Labute approximate surface area is 146 Å². The second-order valence-electron chi connectivity index (χ2n) is 6.81. The molecular weight excluding hydrogens is 318 g/mol. The number of nitrogens with one attached hydrogen (secondary N) is 1. The quantitative estimate of drug-likeness (QED) is 0.782. The molecule has 5 nitrogen and oxygen atoms in total. The van der Waals surface area contributed by atoms with Gasteiger partial charge < -0.3 is 20.3 Å². The van der Waals surface area contributed by atoms with Crippen LogP contribution in [0.15, 0.2) is 48.5 Å². The third kappa shape index (κ3) is 2.90. The summed E-state index contributed by atoms with van der Waals surface area (Å²) in [6.45, 7) is -0.0862. The van der Waals surface area contributed by atoms with E-state index in [0.29, 0.717) is 12.8 Å². The molecule has 4 rings (SSSR count). The highest BCUT2D eigenvalue weighted by Gasteiger charge is 2.48. The molecule has 0 aromatic heterocycles. The van der Waals surface area contributed by atoms with Crippen molar-refractivity contribution >= 4 is 6.09 Å². The Morgan fingerprint density at radius 3 is 2.20 bits per heavy atom. The first-order valence-corrected chi connectivity index (χ1v) is 8.57. The van der Waals surface area contributed by atoms with E-state index in [0.717, 1.165) is 11.1 Å². The lowest BCUT2D eigenvalue weighted by molar-refractivity contribution is 0.0611. The van der Waals surface area contributed by atoms with E-state index in [9.17, 15) is 15.0 Å². The number of benzene rings is 2. The van der Waals surface area contributed by atoms with E-state index >= 15 is 0 Å². The minimum absolute atomic E-state index is 0.00487. The van der Waals surface area contributed by atoms with E-state index in [-0.39, 0.29) is 19.1 Å². The number of amides is 1. The molecule has 0 saturated heterocycles. The minimum atomic E-state index is -0.986. The van der Waals surface area contributed by atoms with Crippen LogP contribution in [0.4, 0.5) is 4.79 Å². The summed E-state index contributed by atoms with van der Waals surface area (Å²) in [4.78, 5) is 12.1. The highest BCUT2D eigenvalue weighted by atomic mass is 16.5. The van der Waals surface area contributed by atoms with Gasteiger partial charge in [0.2, 0.25) is 0 Å². The molecule has 3 N–H and O–H groups in total. The Hall–Kier alpha value is -2.37. The predicted octanol–water partition coefficient (Wildman–Crippen LogP) is 2.41. The van der Waals surface area contributed by atoms with E-state index in [1.807, 2.05) is 24.3 Å². The van der Waals surface area contributed by atoms with E-state index in [1.165, 1.54) is 11.1 Å². The van der Waals surface area contributed by atoms with Crippen molar-refractivity contribution in [3.8, 4) is 11.1 Å². The van der Waals surface area contributed by atoms with Crippen LogP contribution in [0.5, 0.6) is 0 Å². The minimum Gasteiger partial charge on any atom is -0.449 e. The second kappa shape index (κ2) is 6.17. The highest BCUT2D eigenvalue weighted by Crippen LogP contribution is 2.44. The average Bonchev–Trinajstić information content (AvgIpc) is 3.30. The van der Waals surface area contributed by atoms with E-state index in [1.54, 1.807) is 0 Å². The lowest BCUT2D eigenvalue weighted by Crippen LogP contribution is -2.47. The monoisotopic (exact) mass is 339 g/mol. The molecule has 0 unspecified atom stereocenters. The molecule has 0 spiro atoms. The zero-order valence-electron chi connectivity index (χ0n) is 13.8. The van der Waals surface area contributed by atoms with Crippen molar-refractivity contribution < 1.29 is 19.7 Å². The molecule has 130 valence electrons. The van der Waals surface area contributed by atoms with Crippen molar-refractivity contribution in [1.82, 2.24) is 5.32 Å². The van der Waals surface area contributed by atoms with Gasteiger partial charge in [0.1, 0.15) is 6.61 Å². The first-order chi connectivity index (χ1) is 12.1. The first kappa shape index (κ1) is 16.1. The molecule has 0 radical (unpaired) electrons. The van der Waals surface area contributed by atoms with Crippen LogP contribution in [0.3, 0.4) is 0 Å². The first-order valence-electron chi connectivity index (χ1n) is 8.57. The summed E-state index contributed by atoms with van der Waals surface area (Å²) in [6.07, 6.45) is 0.560. The molecule has 1 fully saturated rings. The van der Waals surface area contributed by atoms with Gasteiger partial charge in [-0.05, 0) is 35.1 Å². The molecule has 0 aliphatic heterocycles. The summed E-state index contributed by atoms with van der Waals surface area (Å²) >= 11 is 0. The fourth-order valence-electron chi connectivity index (χ4n) is 3.61. The van der Waals surface area contributed by atoms with Crippen LogP contribution in [0.1, 0.15) is 29.9 Å². The van der Waals surface area contributed by atoms with Crippen molar-refractivity contribution in [1.29, 1.82) is 0 Å². The van der Waals surface area contributed by atoms with Gasteiger partial charge in [-0.15, -0.1) is 0 Å². The van der Waals surface area contributed by atoms with E-state index in [2.05, 4.69) is 29.6 Å². The summed E-state index contributed by atoms with van der Waals surface area (Å²) in [6, 6.07) is 15.6. The van der Waals surface area contributed by atoms with Crippen LogP contribution in [0.2, 0.25) is 0 Å². The average molecular weight is 339 g/mol. The molecule has 0 bridgehead atoms. The standard InChI is InChI=1S/C20H21NO4/c22-11-18(20(24)9-10-20)21-19(23)25-12-17-15-7-3-1-5-13(15)14-6-2-4-8-16(14)17/h1-8,17-18,22,24H,9-12H2,(H,21,23)/t18-/m0/s1. The third-order valence-electron chi connectivity index (χ3n) is 5.23. The number of aliphatic hydroxyl groups is 2. The highest BCUT2D eigenvalue weighted by molar-refractivity contribution is 5.79. The van der Waals surface area contributed by atoms with Crippen molar-refractivity contribution in [3.63, 3.8) is 0 Å². The van der Waals surface area contributed by atoms with Crippen molar-refractivity contribution in [2.75, 3.05) is 13.2 Å². The second-order valence-corrected chi connectivity index (χ2v) is 6.81. The number of carbonyl (C=O) groups excluding carboxylic acids is 1. The van der Waals surface area contributed by atoms with Gasteiger partial charge in [-0.2, -0.15) is 0 Å². The molecular formula is C20H21NO4. The van der Waals surface area contributed by atoms with E-state index in [4.69, 9.17) is 4.74 Å². The molecule has 2 aromatic rings. The summed E-state index contributed by atoms with van der Waals surface area (Å²) in [7, 11) is 0. The molecule has 2 aliphatic carbocycles. The number of aliphatic hydroxyl groups excluding tert-OH is 1. The summed E-state index contributed by atoms with van der Waals surface area (Å²) in [5.74, 6) is -0.00487. The van der Waals surface area contributed by atoms with Gasteiger partial charge in [0.15, 0.2) is 0 Å². The lowest BCUT2D eigenvalue weighted by Gasteiger charge is -2.22. The summed E-state index contributed by atoms with van der Waals surface area (Å²) in [5.41, 5.74) is 3.66. The predicted molar refractivity (Wildman–Crippen MR) is 93.3 cm³/mol. The molecule has 0 heterocycles. The van der Waals surface area contributed by atoms with Crippen LogP contribution >= 0.6 is 0 Å². The Kier molecular flexibility index (Phi) is 3.98. The number of carbonyl (C=O) groups is 1. The van der Waals surface area contributed by atoms with Crippen molar-refractivity contribution in [3.05, 3.63) is 59.7 Å². The van der Waals surface area contributed by atoms with E-state index < -0.39 is 17.7 Å². The fourth-order valence-corrected chi connectivity index (χ4v) is 3.61. The third-order valence-corrected chi connectivity index (χ3v) is 5.23. The largest absolute Gasteiger partial charge is 0.449 e. The van der Waals surface area contributed by atoms with Crippen molar-refractivity contribution in [2.45, 2.75) is 30.4 Å². The molecule has 1 amide bonds. The maximum atomic E-state index is 12.1. The Morgan fingerprint density at radius 1 is 1.12 bits per heavy atom. The number of rotatable bonds is 5. The van der Waals surface area contributed by atoms with Gasteiger partial charge in [-0.25, -0.2) is 4.79 Å². The zero-order chi connectivity index (χ0) is 17.4. The SMILES string of the molecule is O=C(N[C@@H](CO)C1(O)CC1)OCC1c2ccccc2-c2ccccc21. The van der Waals surface area contributed by atoms with Gasteiger partial charge in [0.25, 0.3) is 0 Å². The van der Waals surface area contributed by atoms with Crippen LogP contribution in [-0.2, 0) is 4.74 Å². The number of hydrogen-bond acceptors (Lipinski definition) is 4. The lowest BCUT2D eigenvalue weighted by atomic mass is 9.98.